The van der Waals surface area contributed by atoms with Gasteiger partial charge in [0.1, 0.15) is 34.2 Å². The average Bonchev–Trinajstić information content (AvgIpc) is 3.52. The van der Waals surface area contributed by atoms with E-state index in [9.17, 15) is 12.8 Å². The molecule has 1 N–H and O–H groups in total. The van der Waals surface area contributed by atoms with Crippen LogP contribution < -0.4 is 14.2 Å². The fourth-order valence-electron chi connectivity index (χ4n) is 3.77. The first kappa shape index (κ1) is 26.9. The number of halogens is 1. The molecular weight excluding hydrogens is 519 g/mol. The van der Waals surface area contributed by atoms with Gasteiger partial charge in [0.05, 0.1) is 26.6 Å². The second-order valence-corrected chi connectivity index (χ2v) is 10.1. The number of para-hydroxylation sites is 1. The van der Waals surface area contributed by atoms with E-state index in [2.05, 4.69) is 30.0 Å². The third-order valence-electron chi connectivity index (χ3n) is 5.62. The lowest BCUT2D eigenvalue weighted by molar-refractivity contribution is 0.0556. The van der Waals surface area contributed by atoms with Crippen LogP contribution in [0.2, 0.25) is 0 Å². The third-order valence-corrected chi connectivity index (χ3v) is 7.31. The van der Waals surface area contributed by atoms with Gasteiger partial charge in [-0.2, -0.15) is 5.10 Å². The van der Waals surface area contributed by atoms with Gasteiger partial charge in [-0.15, -0.1) is 10.2 Å². The van der Waals surface area contributed by atoms with Crippen molar-refractivity contribution in [3.63, 3.8) is 0 Å². The molecule has 0 radical (unpaired) electrons. The van der Waals surface area contributed by atoms with Crippen LogP contribution in [-0.2, 0) is 21.8 Å². The molecule has 3 aromatic heterocycles. The Labute approximate surface area is 218 Å². The predicted octanol–water partition coefficient (Wildman–Crippen LogP) is 2.52. The van der Waals surface area contributed by atoms with Crippen LogP contribution in [0.15, 0.2) is 42.9 Å². The van der Waals surface area contributed by atoms with Crippen LogP contribution in [0.5, 0.6) is 11.5 Å². The summed E-state index contributed by atoms with van der Waals surface area (Å²) in [5.41, 5.74) is 0.787. The molecule has 0 aliphatic carbocycles. The number of aromatic nitrogens is 7. The molecule has 13 nitrogen and oxygen atoms in total. The van der Waals surface area contributed by atoms with Crippen LogP contribution in [0, 0.1) is 5.82 Å². The second-order valence-electron chi connectivity index (χ2n) is 8.06. The first-order valence-electron chi connectivity index (χ1n) is 11.5. The molecule has 4 rings (SSSR count). The normalized spacial score (nSPS) is 13.2. The summed E-state index contributed by atoms with van der Waals surface area (Å²) >= 11 is 0. The zero-order chi connectivity index (χ0) is 27.4. The summed E-state index contributed by atoms with van der Waals surface area (Å²) in [6.07, 6.45) is 2.52. The maximum atomic E-state index is 13.6. The zero-order valence-corrected chi connectivity index (χ0v) is 22.2. The summed E-state index contributed by atoms with van der Waals surface area (Å²) in [5.74, 6) is 0.215. The molecule has 0 saturated heterocycles. The van der Waals surface area contributed by atoms with Crippen LogP contribution in [0.3, 0.4) is 0 Å². The van der Waals surface area contributed by atoms with Gasteiger partial charge in [-0.05, 0) is 32.0 Å². The molecule has 3 heterocycles. The van der Waals surface area contributed by atoms with Crippen molar-refractivity contribution in [3.8, 4) is 28.7 Å². The number of ether oxygens (including phenoxy) is 3. The van der Waals surface area contributed by atoms with E-state index in [1.165, 1.54) is 25.7 Å². The maximum absolute atomic E-state index is 13.6. The number of rotatable bonds is 11. The number of anilines is 1. The number of hydrogen-bond acceptors (Lipinski definition) is 10. The monoisotopic (exact) mass is 546 g/mol. The Balaban J connectivity index is 1.82. The summed E-state index contributed by atoms with van der Waals surface area (Å²) in [4.78, 5) is 7.83. The Hall–Kier alpha value is -4.11. The van der Waals surface area contributed by atoms with Gasteiger partial charge in [-0.25, -0.2) is 22.8 Å². The molecule has 0 saturated carbocycles. The van der Waals surface area contributed by atoms with Crippen molar-refractivity contribution in [1.29, 1.82) is 0 Å². The number of nitrogens with one attached hydrogen (secondary N) is 1. The lowest BCUT2D eigenvalue weighted by Gasteiger charge is -2.23. The summed E-state index contributed by atoms with van der Waals surface area (Å²) in [7, 11) is 0.488. The predicted molar refractivity (Wildman–Crippen MR) is 135 cm³/mol. The van der Waals surface area contributed by atoms with Crippen molar-refractivity contribution in [2.75, 3.05) is 25.5 Å². The molecule has 0 aliphatic heterocycles. The molecule has 0 amide bonds. The number of benzene rings is 1. The molecular formula is C23H27FN8O5S. The average molecular weight is 547 g/mol. The largest absolute Gasteiger partial charge is 0.494 e. The van der Waals surface area contributed by atoms with Crippen molar-refractivity contribution in [3.05, 3.63) is 54.5 Å². The van der Waals surface area contributed by atoms with Crippen LogP contribution in [-0.4, -0.2) is 69.0 Å². The smallest absolute Gasteiger partial charge is 0.243 e. The quantitative estimate of drug-likeness (QED) is 0.297. The van der Waals surface area contributed by atoms with E-state index in [4.69, 9.17) is 14.2 Å². The number of nitrogens with zero attached hydrogens (tertiary/aromatic N) is 7. The minimum absolute atomic E-state index is 0.0214. The summed E-state index contributed by atoms with van der Waals surface area (Å²) in [5, 5.41) is 11.5. The van der Waals surface area contributed by atoms with Crippen molar-refractivity contribution in [2.45, 2.75) is 25.2 Å². The minimum atomic E-state index is -4.21. The van der Waals surface area contributed by atoms with E-state index >= 15 is 0 Å². The fraction of sp³-hybridized carbons (Fsp3) is 0.348. The minimum Gasteiger partial charge on any atom is -0.494 e. The van der Waals surface area contributed by atoms with E-state index in [-0.39, 0.29) is 24.2 Å². The molecule has 2 atom stereocenters. The first-order chi connectivity index (χ1) is 18.2. The van der Waals surface area contributed by atoms with Gasteiger partial charge in [0.25, 0.3) is 0 Å². The van der Waals surface area contributed by atoms with Crippen LogP contribution >= 0.6 is 0 Å². The maximum Gasteiger partial charge on any atom is 0.243 e. The molecule has 0 bridgehead atoms. The first-order valence-corrected chi connectivity index (χ1v) is 13.0. The van der Waals surface area contributed by atoms with Crippen LogP contribution in [0.1, 0.15) is 25.8 Å². The lowest BCUT2D eigenvalue weighted by Crippen LogP contribution is -2.34. The van der Waals surface area contributed by atoms with E-state index < -0.39 is 27.2 Å². The highest BCUT2D eigenvalue weighted by atomic mass is 32.2. The summed E-state index contributed by atoms with van der Waals surface area (Å²) < 4.78 is 62.9. The van der Waals surface area contributed by atoms with Gasteiger partial charge in [-0.1, -0.05) is 6.07 Å². The van der Waals surface area contributed by atoms with Crippen molar-refractivity contribution in [2.24, 2.45) is 7.05 Å². The fourth-order valence-corrected chi connectivity index (χ4v) is 4.86. The number of sulfonamides is 1. The Morgan fingerprint density at radius 2 is 1.74 bits per heavy atom. The topological polar surface area (TPSA) is 148 Å². The van der Waals surface area contributed by atoms with E-state index in [1.54, 1.807) is 49.1 Å². The van der Waals surface area contributed by atoms with Crippen molar-refractivity contribution >= 4 is 16.0 Å². The Morgan fingerprint density at radius 3 is 2.29 bits per heavy atom. The lowest BCUT2D eigenvalue weighted by atomic mass is 10.2. The molecule has 15 heteroatoms. The number of methoxy groups -OCH3 is 2. The third kappa shape index (κ3) is 5.28. The highest BCUT2D eigenvalue weighted by molar-refractivity contribution is 7.93. The Bertz CT molecular complexity index is 1480. The van der Waals surface area contributed by atoms with Crippen molar-refractivity contribution < 1.29 is 27.0 Å². The zero-order valence-electron chi connectivity index (χ0n) is 21.4. The highest BCUT2D eigenvalue weighted by Gasteiger charge is 2.35. The number of hydrogen-bond donors (Lipinski definition) is 1. The van der Waals surface area contributed by atoms with Gasteiger partial charge in [-0.3, -0.25) is 14.0 Å². The standard InChI is InChI=1S/C23H27FN8O5S/c1-6-37-20(21-25-12-15(24)13-26-21)14(2)38(33,34)30-23-28-27-22(16-10-11-31(3)29-16)32(23)19-17(35-4)8-7-9-18(19)36-5/h7-14,20H,6H2,1-5H3,(H,28,30). The highest BCUT2D eigenvalue weighted by Crippen LogP contribution is 2.37. The molecule has 4 aromatic rings. The van der Waals surface area contributed by atoms with E-state index in [1.807, 2.05) is 0 Å². The number of aryl methyl sites for hydroxylation is 1. The van der Waals surface area contributed by atoms with Gasteiger partial charge < -0.3 is 14.2 Å². The van der Waals surface area contributed by atoms with Crippen molar-refractivity contribution in [1.82, 2.24) is 34.5 Å². The van der Waals surface area contributed by atoms with Gasteiger partial charge >= 0.3 is 0 Å². The Morgan fingerprint density at radius 1 is 1.08 bits per heavy atom. The molecule has 1 aromatic carbocycles. The van der Waals surface area contributed by atoms with Gasteiger partial charge in [0.2, 0.25) is 16.0 Å². The second kappa shape index (κ2) is 11.1. The van der Waals surface area contributed by atoms with Crippen LogP contribution in [0.4, 0.5) is 10.3 Å². The van der Waals surface area contributed by atoms with E-state index in [0.29, 0.717) is 22.9 Å². The Kier molecular flexibility index (Phi) is 7.87. The molecule has 38 heavy (non-hydrogen) atoms. The summed E-state index contributed by atoms with van der Waals surface area (Å²) in [6, 6.07) is 6.82. The van der Waals surface area contributed by atoms with Gasteiger partial charge in [0.15, 0.2) is 17.5 Å². The SMILES string of the molecule is CCOC(c1ncc(F)cn1)C(C)S(=O)(=O)Nc1nnc(-c2ccn(C)n2)n1-c1c(OC)cccc1OC. The molecule has 0 aliphatic rings. The molecule has 0 fully saturated rings. The molecule has 0 spiro atoms. The molecule has 2 unspecified atom stereocenters. The van der Waals surface area contributed by atoms with Crippen LogP contribution in [0.25, 0.3) is 17.2 Å². The molecule has 202 valence electrons. The van der Waals surface area contributed by atoms with Gasteiger partial charge in [0, 0.05) is 19.9 Å². The van der Waals surface area contributed by atoms with E-state index in [0.717, 1.165) is 12.4 Å². The summed E-state index contributed by atoms with van der Waals surface area (Å²) in [6.45, 7) is 3.30.